The van der Waals surface area contributed by atoms with Crippen LogP contribution < -0.4 is 5.73 Å². The first-order chi connectivity index (χ1) is 7.60. The maximum absolute atomic E-state index is 6.21. The van der Waals surface area contributed by atoms with Crippen LogP contribution in [0.25, 0.3) is 0 Å². The molecular formula is C13H21BrN2. The van der Waals surface area contributed by atoms with Crippen molar-refractivity contribution in [3.05, 3.63) is 34.3 Å². The topological polar surface area (TPSA) is 29.3 Å². The predicted octanol–water partition coefficient (Wildman–Crippen LogP) is 3.18. The fourth-order valence-electron chi connectivity index (χ4n) is 1.91. The molecule has 0 amide bonds. The normalized spacial score (nSPS) is 15.1. The molecule has 2 unspecified atom stereocenters. The molecule has 0 radical (unpaired) electrons. The molecule has 0 bridgehead atoms. The number of nitrogens with zero attached hydrogens (tertiary/aromatic N) is 1. The molecule has 0 aliphatic rings. The number of nitrogens with two attached hydrogens (primary N) is 1. The Bertz CT molecular complexity index is 300. The molecule has 0 aliphatic carbocycles. The highest BCUT2D eigenvalue weighted by molar-refractivity contribution is 9.10. The molecular weight excluding hydrogens is 264 g/mol. The molecule has 0 aromatic heterocycles. The van der Waals surface area contributed by atoms with Gasteiger partial charge in [0.25, 0.3) is 0 Å². The Morgan fingerprint density at radius 1 is 1.25 bits per heavy atom. The molecule has 0 saturated carbocycles. The molecule has 0 heterocycles. The summed E-state index contributed by atoms with van der Waals surface area (Å²) in [6.07, 6.45) is 0.991. The van der Waals surface area contributed by atoms with E-state index >= 15 is 0 Å². The van der Waals surface area contributed by atoms with Crippen molar-refractivity contribution in [3.8, 4) is 0 Å². The summed E-state index contributed by atoms with van der Waals surface area (Å²) >= 11 is 3.46. The monoisotopic (exact) mass is 284 g/mol. The average molecular weight is 285 g/mol. The van der Waals surface area contributed by atoms with Gasteiger partial charge in [-0.15, -0.1) is 0 Å². The zero-order valence-corrected chi connectivity index (χ0v) is 11.9. The summed E-state index contributed by atoms with van der Waals surface area (Å²) in [7, 11) is 2.13. The molecule has 0 saturated heterocycles. The molecule has 1 rings (SSSR count). The zero-order valence-electron chi connectivity index (χ0n) is 10.3. The Balaban J connectivity index is 2.96. The van der Waals surface area contributed by atoms with E-state index in [4.69, 9.17) is 5.73 Å². The van der Waals surface area contributed by atoms with Gasteiger partial charge in [0.15, 0.2) is 0 Å². The van der Waals surface area contributed by atoms with Gasteiger partial charge in [-0.1, -0.05) is 41.9 Å². The van der Waals surface area contributed by atoms with E-state index in [-0.39, 0.29) is 6.04 Å². The van der Waals surface area contributed by atoms with Crippen molar-refractivity contribution in [3.63, 3.8) is 0 Å². The maximum Gasteiger partial charge on any atom is 0.0496 e. The molecule has 2 atom stereocenters. The van der Waals surface area contributed by atoms with E-state index in [2.05, 4.69) is 66.0 Å². The van der Waals surface area contributed by atoms with E-state index in [0.717, 1.165) is 17.4 Å². The van der Waals surface area contributed by atoms with Crippen LogP contribution in [-0.2, 0) is 0 Å². The van der Waals surface area contributed by atoms with Gasteiger partial charge in [0, 0.05) is 16.6 Å². The Kier molecular flexibility index (Phi) is 5.46. The van der Waals surface area contributed by atoms with E-state index in [9.17, 15) is 0 Å². The van der Waals surface area contributed by atoms with Crippen LogP contribution in [0, 0.1) is 0 Å². The van der Waals surface area contributed by atoms with E-state index < -0.39 is 0 Å². The van der Waals surface area contributed by atoms with Crippen molar-refractivity contribution in [2.24, 2.45) is 5.73 Å². The van der Waals surface area contributed by atoms with Crippen LogP contribution >= 0.6 is 15.9 Å². The summed E-state index contributed by atoms with van der Waals surface area (Å²) in [5.41, 5.74) is 7.50. The van der Waals surface area contributed by atoms with Crippen LogP contribution in [0.3, 0.4) is 0 Å². The van der Waals surface area contributed by atoms with Crippen LogP contribution in [-0.4, -0.2) is 24.5 Å². The van der Waals surface area contributed by atoms with Crippen molar-refractivity contribution >= 4 is 15.9 Å². The van der Waals surface area contributed by atoms with Gasteiger partial charge in [-0.3, -0.25) is 4.90 Å². The lowest BCUT2D eigenvalue weighted by Crippen LogP contribution is -2.38. The molecule has 0 spiro atoms. The smallest absolute Gasteiger partial charge is 0.0496 e. The third-order valence-electron chi connectivity index (χ3n) is 3.06. The number of likely N-dealkylation sites (N-methyl/N-ethyl adjacent to an activating group) is 1. The van der Waals surface area contributed by atoms with Crippen molar-refractivity contribution in [1.82, 2.24) is 4.90 Å². The van der Waals surface area contributed by atoms with Gasteiger partial charge >= 0.3 is 0 Å². The van der Waals surface area contributed by atoms with Gasteiger partial charge in [0.05, 0.1) is 0 Å². The number of rotatable bonds is 5. The Hall–Kier alpha value is -0.380. The largest absolute Gasteiger partial charge is 0.326 e. The predicted molar refractivity (Wildman–Crippen MR) is 73.5 cm³/mol. The second-order valence-corrected chi connectivity index (χ2v) is 5.06. The van der Waals surface area contributed by atoms with Crippen molar-refractivity contribution in [2.45, 2.75) is 32.4 Å². The third kappa shape index (κ3) is 3.30. The van der Waals surface area contributed by atoms with Crippen LogP contribution in [0.4, 0.5) is 0 Å². The minimum Gasteiger partial charge on any atom is -0.326 e. The van der Waals surface area contributed by atoms with Crippen molar-refractivity contribution in [2.75, 3.05) is 13.6 Å². The molecule has 1 aromatic carbocycles. The molecule has 3 heteroatoms. The molecule has 90 valence electrons. The number of hydrogen-bond acceptors (Lipinski definition) is 2. The van der Waals surface area contributed by atoms with Crippen molar-refractivity contribution < 1.29 is 0 Å². The molecule has 1 aromatic rings. The summed E-state index contributed by atoms with van der Waals surface area (Å²) in [5, 5.41) is 0. The zero-order chi connectivity index (χ0) is 12.1. The summed E-state index contributed by atoms with van der Waals surface area (Å²) in [6.45, 7) is 5.31. The quantitative estimate of drug-likeness (QED) is 0.900. The molecule has 16 heavy (non-hydrogen) atoms. The lowest BCUT2D eigenvalue weighted by Gasteiger charge is -2.32. The second-order valence-electron chi connectivity index (χ2n) is 4.14. The van der Waals surface area contributed by atoms with Crippen molar-refractivity contribution in [1.29, 1.82) is 0 Å². The van der Waals surface area contributed by atoms with E-state index in [1.54, 1.807) is 0 Å². The lowest BCUT2D eigenvalue weighted by atomic mass is 9.97. The first-order valence-corrected chi connectivity index (χ1v) is 6.60. The first-order valence-electron chi connectivity index (χ1n) is 5.81. The van der Waals surface area contributed by atoms with Gasteiger partial charge in [0.2, 0.25) is 0 Å². The number of hydrogen-bond donors (Lipinski definition) is 1. The standard InChI is InChI=1S/C13H21BrN2/c1-4-12(15)13(16(3)5-2)10-6-8-11(14)9-7-10/h6-9,12-13H,4-5,15H2,1-3H3. The Morgan fingerprint density at radius 2 is 1.81 bits per heavy atom. The van der Waals surface area contributed by atoms with Gasteiger partial charge in [0.1, 0.15) is 0 Å². The van der Waals surface area contributed by atoms with Crippen LogP contribution in [0.1, 0.15) is 31.9 Å². The van der Waals surface area contributed by atoms with Crippen LogP contribution in [0.15, 0.2) is 28.7 Å². The Morgan fingerprint density at radius 3 is 2.25 bits per heavy atom. The number of halogens is 1. The van der Waals surface area contributed by atoms with E-state index in [0.29, 0.717) is 6.04 Å². The van der Waals surface area contributed by atoms with Gasteiger partial charge in [-0.2, -0.15) is 0 Å². The van der Waals surface area contributed by atoms with Crippen LogP contribution in [0.5, 0.6) is 0 Å². The molecule has 0 fully saturated rings. The highest BCUT2D eigenvalue weighted by Gasteiger charge is 2.21. The third-order valence-corrected chi connectivity index (χ3v) is 3.59. The second kappa shape index (κ2) is 6.38. The van der Waals surface area contributed by atoms with E-state index in [1.165, 1.54) is 5.56 Å². The maximum atomic E-state index is 6.21. The lowest BCUT2D eigenvalue weighted by molar-refractivity contribution is 0.220. The van der Waals surface area contributed by atoms with E-state index in [1.807, 2.05) is 0 Å². The molecule has 2 nitrogen and oxygen atoms in total. The minimum atomic E-state index is 0.186. The summed E-state index contributed by atoms with van der Waals surface area (Å²) < 4.78 is 1.11. The first kappa shape index (κ1) is 13.7. The minimum absolute atomic E-state index is 0.186. The Labute approximate surface area is 107 Å². The summed E-state index contributed by atoms with van der Waals surface area (Å²) in [5.74, 6) is 0. The molecule has 2 N–H and O–H groups in total. The summed E-state index contributed by atoms with van der Waals surface area (Å²) in [6, 6.07) is 8.95. The fraction of sp³-hybridized carbons (Fsp3) is 0.538. The molecule has 0 aliphatic heterocycles. The average Bonchev–Trinajstić information content (AvgIpc) is 2.31. The van der Waals surface area contributed by atoms with Gasteiger partial charge < -0.3 is 5.73 Å². The highest BCUT2D eigenvalue weighted by Crippen LogP contribution is 2.25. The fourth-order valence-corrected chi connectivity index (χ4v) is 2.17. The SMILES string of the molecule is CCC(N)C(c1ccc(Br)cc1)N(C)CC. The highest BCUT2D eigenvalue weighted by atomic mass is 79.9. The van der Waals surface area contributed by atoms with Gasteiger partial charge in [-0.05, 0) is 37.7 Å². The summed E-state index contributed by atoms with van der Waals surface area (Å²) in [4.78, 5) is 2.30. The van der Waals surface area contributed by atoms with Crippen LogP contribution in [0.2, 0.25) is 0 Å². The van der Waals surface area contributed by atoms with Gasteiger partial charge in [-0.25, -0.2) is 0 Å². The number of benzene rings is 1.